The quantitative estimate of drug-likeness (QED) is 0.178. The molecule has 2 aliphatic rings. The third-order valence-electron chi connectivity index (χ3n) is 7.68. The van der Waals surface area contributed by atoms with E-state index in [0.717, 1.165) is 23.2 Å². The fourth-order valence-corrected chi connectivity index (χ4v) is 6.05. The molecule has 0 aromatic heterocycles. The molecule has 0 radical (unpaired) electrons. The van der Waals surface area contributed by atoms with E-state index >= 15 is 0 Å². The van der Waals surface area contributed by atoms with Crippen molar-refractivity contribution in [2.75, 3.05) is 12.4 Å². The summed E-state index contributed by atoms with van der Waals surface area (Å²) in [5.41, 5.74) is 7.90. The molecule has 0 spiro atoms. The Balaban J connectivity index is 1.16. The first kappa shape index (κ1) is 26.5. The molecule has 0 fully saturated rings. The van der Waals surface area contributed by atoms with Crippen LogP contribution in [-0.4, -0.2) is 13.3 Å². The van der Waals surface area contributed by atoms with E-state index in [2.05, 4.69) is 66.9 Å². The molecule has 6 heteroatoms. The molecule has 4 aromatic rings. The van der Waals surface area contributed by atoms with Crippen molar-refractivity contribution >= 4 is 40.8 Å². The standard InChI is InChI=1S/C34H30Cl2N2O2/c1-21-6-15-31-29(16-21)27-4-3-5-28(27)33(38-31)24-9-13-26(14-10-24)37-19-23-17-30(36)34(32(18-23)39-2)40-20-22-7-11-25(35)12-8-22/h3-4,6-19,27-28,33,38H,5,20H2,1-2H3/t27-,28-,33-/m0/s1. The van der Waals surface area contributed by atoms with E-state index in [0.29, 0.717) is 40.0 Å². The highest BCUT2D eigenvalue weighted by atomic mass is 35.5. The van der Waals surface area contributed by atoms with Crippen molar-refractivity contribution in [1.82, 2.24) is 0 Å². The number of benzene rings is 4. The minimum Gasteiger partial charge on any atom is -0.493 e. The molecule has 0 bridgehead atoms. The zero-order valence-electron chi connectivity index (χ0n) is 22.4. The molecule has 0 saturated heterocycles. The van der Waals surface area contributed by atoms with Crippen LogP contribution in [-0.2, 0) is 6.61 Å². The number of nitrogens with zero attached hydrogens (tertiary/aromatic N) is 1. The first-order valence-electron chi connectivity index (χ1n) is 13.4. The number of halogens is 2. The third-order valence-corrected chi connectivity index (χ3v) is 8.21. The maximum Gasteiger partial charge on any atom is 0.180 e. The van der Waals surface area contributed by atoms with Crippen molar-refractivity contribution in [3.8, 4) is 11.5 Å². The SMILES string of the molecule is COc1cc(C=Nc2ccc([C@@H]3Nc4ccc(C)cc4[C@H]4C=CC[C@@H]43)cc2)cc(Cl)c1OCc1ccc(Cl)cc1. The van der Waals surface area contributed by atoms with Gasteiger partial charge in [0.1, 0.15) is 6.61 Å². The van der Waals surface area contributed by atoms with Crippen LogP contribution in [0.4, 0.5) is 11.4 Å². The number of hydrogen-bond acceptors (Lipinski definition) is 4. The largest absolute Gasteiger partial charge is 0.493 e. The smallest absolute Gasteiger partial charge is 0.180 e. The van der Waals surface area contributed by atoms with Crippen LogP contribution in [0, 0.1) is 12.8 Å². The monoisotopic (exact) mass is 568 g/mol. The molecule has 40 heavy (non-hydrogen) atoms. The first-order chi connectivity index (χ1) is 19.5. The van der Waals surface area contributed by atoms with Crippen molar-refractivity contribution < 1.29 is 9.47 Å². The lowest BCUT2D eigenvalue weighted by molar-refractivity contribution is 0.284. The number of methoxy groups -OCH3 is 1. The first-order valence-corrected chi connectivity index (χ1v) is 14.2. The van der Waals surface area contributed by atoms with Gasteiger partial charge in [-0.05, 0) is 84.0 Å². The van der Waals surface area contributed by atoms with Crippen LogP contribution >= 0.6 is 23.2 Å². The van der Waals surface area contributed by atoms with Crippen molar-refractivity contribution in [3.63, 3.8) is 0 Å². The molecule has 0 amide bonds. The second-order valence-electron chi connectivity index (χ2n) is 10.4. The molecular formula is C34H30Cl2N2O2. The van der Waals surface area contributed by atoms with Crippen LogP contribution in [0.15, 0.2) is 96.0 Å². The summed E-state index contributed by atoms with van der Waals surface area (Å²) < 4.78 is 11.5. The van der Waals surface area contributed by atoms with Gasteiger partial charge in [-0.15, -0.1) is 0 Å². The number of rotatable bonds is 7. The van der Waals surface area contributed by atoms with Gasteiger partial charge in [0.15, 0.2) is 11.5 Å². The predicted octanol–water partition coefficient (Wildman–Crippen LogP) is 9.47. The van der Waals surface area contributed by atoms with E-state index in [1.54, 1.807) is 13.3 Å². The Kier molecular flexibility index (Phi) is 7.55. The van der Waals surface area contributed by atoms with E-state index in [1.807, 2.05) is 36.4 Å². The highest BCUT2D eigenvalue weighted by Crippen LogP contribution is 2.50. The summed E-state index contributed by atoms with van der Waals surface area (Å²) in [6, 6.07) is 26.7. The molecule has 1 aliphatic carbocycles. The average Bonchev–Trinajstić information content (AvgIpc) is 3.47. The Morgan fingerprint density at radius 3 is 2.55 bits per heavy atom. The molecule has 1 heterocycles. The number of aliphatic imine (C=N–C) groups is 1. The van der Waals surface area contributed by atoms with Gasteiger partial charge in [0.2, 0.25) is 0 Å². The number of fused-ring (bicyclic) bond motifs is 3. The molecule has 0 saturated carbocycles. The highest BCUT2D eigenvalue weighted by Gasteiger charge is 2.37. The number of ether oxygens (including phenoxy) is 2. The molecule has 3 atom stereocenters. The predicted molar refractivity (Wildman–Crippen MR) is 165 cm³/mol. The fourth-order valence-electron chi connectivity index (χ4n) is 5.65. The molecule has 202 valence electrons. The number of hydrogen-bond donors (Lipinski definition) is 1. The summed E-state index contributed by atoms with van der Waals surface area (Å²) in [7, 11) is 1.60. The molecule has 4 aromatic carbocycles. The Bertz CT molecular complexity index is 1580. The summed E-state index contributed by atoms with van der Waals surface area (Å²) in [6.07, 6.45) is 7.58. The average molecular weight is 570 g/mol. The molecule has 4 nitrogen and oxygen atoms in total. The Morgan fingerprint density at radius 1 is 0.975 bits per heavy atom. The van der Waals surface area contributed by atoms with Gasteiger partial charge in [0.25, 0.3) is 0 Å². The maximum absolute atomic E-state index is 6.58. The normalized spacial score (nSPS) is 19.2. The Morgan fingerprint density at radius 2 is 1.77 bits per heavy atom. The highest BCUT2D eigenvalue weighted by molar-refractivity contribution is 6.32. The van der Waals surface area contributed by atoms with Crippen LogP contribution < -0.4 is 14.8 Å². The minimum atomic E-state index is 0.261. The summed E-state index contributed by atoms with van der Waals surface area (Å²) in [5, 5.41) is 4.96. The van der Waals surface area contributed by atoms with Crippen LogP contribution in [0.3, 0.4) is 0 Å². The Hall–Kier alpha value is -3.73. The van der Waals surface area contributed by atoms with E-state index in [1.165, 1.54) is 22.4 Å². The zero-order chi connectivity index (χ0) is 27.6. The van der Waals surface area contributed by atoms with Gasteiger partial charge in [-0.3, -0.25) is 4.99 Å². The van der Waals surface area contributed by atoms with Gasteiger partial charge in [-0.25, -0.2) is 0 Å². The summed E-state index contributed by atoms with van der Waals surface area (Å²) in [4.78, 5) is 4.70. The molecule has 6 rings (SSSR count). The summed E-state index contributed by atoms with van der Waals surface area (Å²) >= 11 is 12.6. The van der Waals surface area contributed by atoms with E-state index in [9.17, 15) is 0 Å². The van der Waals surface area contributed by atoms with Gasteiger partial charge in [-0.1, -0.05) is 77.3 Å². The van der Waals surface area contributed by atoms with E-state index in [4.69, 9.17) is 37.7 Å². The van der Waals surface area contributed by atoms with Crippen LogP contribution in [0.5, 0.6) is 11.5 Å². The topological polar surface area (TPSA) is 42.8 Å². The van der Waals surface area contributed by atoms with Crippen molar-refractivity contribution in [2.24, 2.45) is 10.9 Å². The van der Waals surface area contributed by atoms with Gasteiger partial charge < -0.3 is 14.8 Å². The molecule has 1 aliphatic heterocycles. The number of allylic oxidation sites excluding steroid dienone is 2. The van der Waals surface area contributed by atoms with E-state index < -0.39 is 0 Å². The number of aryl methyl sites for hydroxylation is 1. The summed E-state index contributed by atoms with van der Waals surface area (Å²) in [6.45, 7) is 2.51. The second kappa shape index (κ2) is 11.4. The third kappa shape index (κ3) is 5.47. The van der Waals surface area contributed by atoms with Gasteiger partial charge in [-0.2, -0.15) is 0 Å². The zero-order valence-corrected chi connectivity index (χ0v) is 23.9. The van der Waals surface area contributed by atoms with Gasteiger partial charge in [0, 0.05) is 22.8 Å². The maximum atomic E-state index is 6.58. The lowest BCUT2D eigenvalue weighted by Crippen LogP contribution is -2.29. The minimum absolute atomic E-state index is 0.261. The van der Waals surface area contributed by atoms with Crippen LogP contribution in [0.25, 0.3) is 0 Å². The number of nitrogens with one attached hydrogen (secondary N) is 1. The van der Waals surface area contributed by atoms with Crippen LogP contribution in [0.2, 0.25) is 10.0 Å². The lowest BCUT2D eigenvalue weighted by Gasteiger charge is -2.37. The van der Waals surface area contributed by atoms with Gasteiger partial charge >= 0.3 is 0 Å². The second-order valence-corrected chi connectivity index (χ2v) is 11.2. The van der Waals surface area contributed by atoms with Crippen LogP contribution in [0.1, 0.15) is 46.2 Å². The molecule has 1 N–H and O–H groups in total. The van der Waals surface area contributed by atoms with Crippen molar-refractivity contribution in [2.45, 2.75) is 31.9 Å². The number of anilines is 1. The van der Waals surface area contributed by atoms with Crippen molar-refractivity contribution in [1.29, 1.82) is 0 Å². The summed E-state index contributed by atoms with van der Waals surface area (Å²) in [5.74, 6) is 2.02. The molecule has 0 unspecified atom stereocenters. The lowest BCUT2D eigenvalue weighted by atomic mass is 9.76. The fraction of sp³-hybridized carbons (Fsp3) is 0.206. The Labute approximate surface area is 245 Å². The van der Waals surface area contributed by atoms with E-state index in [-0.39, 0.29) is 6.04 Å². The van der Waals surface area contributed by atoms with Gasteiger partial charge in [0.05, 0.1) is 23.9 Å². The van der Waals surface area contributed by atoms with Crippen molar-refractivity contribution in [3.05, 3.63) is 129 Å². The molecular weight excluding hydrogens is 539 g/mol.